The van der Waals surface area contributed by atoms with E-state index >= 15 is 8.22 Å². The molecule has 2 nitrogen and oxygen atoms in total. The van der Waals surface area contributed by atoms with Crippen LogP contribution in [0.4, 0.5) is 8.22 Å². The third kappa shape index (κ3) is 5.44. The van der Waals surface area contributed by atoms with E-state index in [1.54, 1.807) is 0 Å². The molecule has 29 heavy (non-hydrogen) atoms. The fourth-order valence-electron chi connectivity index (χ4n) is 4.59. The summed E-state index contributed by atoms with van der Waals surface area (Å²) in [7, 11) is -10.7. The van der Waals surface area contributed by atoms with Gasteiger partial charge < -0.3 is 12.9 Å². The van der Waals surface area contributed by atoms with Crippen LogP contribution in [-0.2, 0) is 4.12 Å². The highest BCUT2D eigenvalue weighted by molar-refractivity contribution is 7.04. The lowest BCUT2D eigenvalue weighted by Crippen LogP contribution is -2.67. The predicted molar refractivity (Wildman–Crippen MR) is 133 cm³/mol. The molecular formula is C22H50F2NOSi3-. The molecule has 0 N–H and O–H groups in total. The molecule has 0 aliphatic heterocycles. The van der Waals surface area contributed by atoms with Crippen molar-refractivity contribution in [3.05, 3.63) is 4.65 Å². The number of hydrogen-bond acceptors (Lipinski definition) is 1. The molecule has 176 valence electrons. The molecule has 0 bridgehead atoms. The topological polar surface area (TPSA) is 23.3 Å². The first-order chi connectivity index (χ1) is 12.3. The summed E-state index contributed by atoms with van der Waals surface area (Å²) in [4.78, 5) is 0. The normalized spacial score (nSPS) is 16.1. The van der Waals surface area contributed by atoms with E-state index in [1.807, 2.05) is 69.2 Å². The predicted octanol–water partition coefficient (Wildman–Crippen LogP) is 9.66. The summed E-state index contributed by atoms with van der Waals surface area (Å²) in [6, 6.07) is 0. The van der Waals surface area contributed by atoms with E-state index < -0.39 is 45.9 Å². The van der Waals surface area contributed by atoms with Gasteiger partial charge in [0.25, 0.3) is 0 Å². The summed E-state index contributed by atoms with van der Waals surface area (Å²) in [5.74, 6) is 0. The maximum Gasteiger partial charge on any atom is 0.383 e. The molecule has 0 spiro atoms. The average Bonchev–Trinajstić information content (AvgIpc) is 2.40. The lowest BCUT2D eigenvalue weighted by molar-refractivity contribution is 0.312. The zero-order valence-corrected chi connectivity index (χ0v) is 25.3. The summed E-state index contributed by atoms with van der Waals surface area (Å²) in [6.45, 7) is 31.7. The molecule has 0 heterocycles. The zero-order chi connectivity index (χ0) is 24.1. The van der Waals surface area contributed by atoms with Gasteiger partial charge in [-0.15, -0.1) is 0 Å². The summed E-state index contributed by atoms with van der Waals surface area (Å²) in [6.07, 6.45) is 0. The van der Waals surface area contributed by atoms with Crippen LogP contribution in [0.2, 0.25) is 31.2 Å². The van der Waals surface area contributed by atoms with Crippen LogP contribution in [-0.4, -0.2) is 25.7 Å². The number of rotatable bonds is 6. The van der Waals surface area contributed by atoms with Crippen LogP contribution in [0.25, 0.3) is 4.65 Å². The minimum Gasteiger partial charge on any atom is -0.617 e. The molecule has 0 aromatic rings. The van der Waals surface area contributed by atoms with Crippen molar-refractivity contribution in [2.75, 3.05) is 0 Å². The SMILES string of the molecule is CC(C)[Si](F)([N-][Si](O[Si](F)(C(C)(C)C)C(C)(C)C)(C(C)(C)C)C(C)(C)C)C(C)C. The van der Waals surface area contributed by atoms with Crippen molar-refractivity contribution in [1.29, 1.82) is 0 Å². The Bertz CT molecular complexity index is 516. The van der Waals surface area contributed by atoms with Crippen LogP contribution in [0.5, 0.6) is 0 Å². The van der Waals surface area contributed by atoms with E-state index in [1.165, 1.54) is 0 Å². The fourth-order valence-corrected chi connectivity index (χ4v) is 24.2. The number of halogens is 2. The van der Waals surface area contributed by atoms with Gasteiger partial charge in [-0.3, -0.25) is 4.11 Å². The van der Waals surface area contributed by atoms with E-state index in [-0.39, 0.29) is 11.1 Å². The second kappa shape index (κ2) is 8.41. The second-order valence-corrected chi connectivity index (χ2v) is 27.4. The first kappa shape index (κ1) is 29.4. The molecule has 0 amide bonds. The quantitative estimate of drug-likeness (QED) is 0.282. The molecule has 0 fully saturated rings. The maximum absolute atomic E-state index is 17.1. The fraction of sp³-hybridized carbons (Fsp3) is 1.00. The minimum absolute atomic E-state index is 0.178. The molecule has 0 unspecified atom stereocenters. The van der Waals surface area contributed by atoms with Gasteiger partial charge in [-0.1, -0.05) is 111 Å². The molecule has 0 aromatic carbocycles. The molecule has 0 radical (unpaired) electrons. The van der Waals surface area contributed by atoms with Crippen LogP contribution in [0.3, 0.4) is 0 Å². The zero-order valence-electron chi connectivity index (χ0n) is 22.3. The first-order valence-electron chi connectivity index (χ1n) is 11.1. The molecular weight excluding hydrogens is 417 g/mol. The van der Waals surface area contributed by atoms with Crippen LogP contribution in [0.15, 0.2) is 0 Å². The number of nitrogens with zero attached hydrogens (tertiary/aromatic N) is 1. The maximum atomic E-state index is 17.1. The summed E-state index contributed by atoms with van der Waals surface area (Å²) >= 11 is 0. The van der Waals surface area contributed by atoms with Gasteiger partial charge in [-0.25, -0.2) is 0 Å². The van der Waals surface area contributed by atoms with Crippen molar-refractivity contribution < 1.29 is 12.3 Å². The highest BCUT2D eigenvalue weighted by Gasteiger charge is 2.63. The standard InChI is InChI=1S/C22H50F2NOSi3/c1-17(2)27(23,18(3)4)25-29(21(11,12)13,22(14,15)16)26-28(24,19(5,6)7)20(8,9)10/h17-18H,1-16H3/q-1. The molecule has 0 atom stereocenters. The van der Waals surface area contributed by atoms with Crippen LogP contribution >= 0.6 is 0 Å². The Labute approximate surface area is 184 Å². The average molecular weight is 467 g/mol. The second-order valence-electron chi connectivity index (χ2n) is 13.5. The van der Waals surface area contributed by atoms with Gasteiger partial charge in [0.15, 0.2) is 0 Å². The molecule has 0 rings (SSSR count). The third-order valence-electron chi connectivity index (χ3n) is 6.20. The van der Waals surface area contributed by atoms with Gasteiger partial charge in [0, 0.05) is 10.1 Å². The van der Waals surface area contributed by atoms with Crippen LogP contribution < -0.4 is 0 Å². The summed E-state index contributed by atoms with van der Waals surface area (Å²) in [5.41, 5.74) is -0.356. The van der Waals surface area contributed by atoms with E-state index in [0.29, 0.717) is 0 Å². The van der Waals surface area contributed by atoms with E-state index in [4.69, 9.17) is 8.76 Å². The lowest BCUT2D eigenvalue weighted by atomic mass is 10.2. The highest BCUT2D eigenvalue weighted by atomic mass is 28.5. The molecule has 7 heteroatoms. The van der Waals surface area contributed by atoms with Gasteiger partial charge in [-0.2, -0.15) is 0 Å². The Hall–Kier alpha value is 0.431. The van der Waals surface area contributed by atoms with Gasteiger partial charge in [0.2, 0.25) is 0 Å². The van der Waals surface area contributed by atoms with Crippen LogP contribution in [0, 0.1) is 0 Å². The van der Waals surface area contributed by atoms with Crippen molar-refractivity contribution in [2.24, 2.45) is 0 Å². The molecule has 0 aliphatic carbocycles. The van der Waals surface area contributed by atoms with E-state index in [0.717, 1.165) is 0 Å². The van der Waals surface area contributed by atoms with Gasteiger partial charge >= 0.3 is 8.65 Å². The minimum atomic E-state index is -3.85. The van der Waals surface area contributed by atoms with Crippen molar-refractivity contribution in [3.63, 3.8) is 0 Å². The van der Waals surface area contributed by atoms with Crippen molar-refractivity contribution in [1.82, 2.24) is 0 Å². The van der Waals surface area contributed by atoms with Crippen LogP contribution in [0.1, 0.15) is 111 Å². The van der Waals surface area contributed by atoms with Gasteiger partial charge in [0.1, 0.15) is 8.57 Å². The van der Waals surface area contributed by atoms with E-state index in [9.17, 15) is 0 Å². The van der Waals surface area contributed by atoms with E-state index in [2.05, 4.69) is 41.5 Å². The molecule has 0 aromatic heterocycles. The first-order valence-corrected chi connectivity index (χ1v) is 16.7. The smallest absolute Gasteiger partial charge is 0.383 e. The highest BCUT2D eigenvalue weighted by Crippen LogP contribution is 2.63. The van der Waals surface area contributed by atoms with Crippen molar-refractivity contribution in [3.8, 4) is 0 Å². The molecule has 0 saturated carbocycles. The van der Waals surface area contributed by atoms with Gasteiger partial charge in [0.05, 0.1) is 8.48 Å². The Balaban J connectivity index is 7.10. The van der Waals surface area contributed by atoms with Crippen molar-refractivity contribution in [2.45, 2.75) is 142 Å². The largest absolute Gasteiger partial charge is 0.617 e. The van der Waals surface area contributed by atoms with Crippen molar-refractivity contribution >= 4 is 25.7 Å². The Morgan fingerprint density at radius 1 is 0.586 bits per heavy atom. The molecule has 0 saturated heterocycles. The third-order valence-corrected chi connectivity index (χ3v) is 22.3. The summed E-state index contributed by atoms with van der Waals surface area (Å²) in [5, 5.41) is -2.18. The Kier molecular flexibility index (Phi) is 8.54. The van der Waals surface area contributed by atoms with Gasteiger partial charge in [-0.05, 0) is 21.2 Å². The lowest BCUT2D eigenvalue weighted by Gasteiger charge is -2.68. The summed E-state index contributed by atoms with van der Waals surface area (Å²) < 4.78 is 45.8. The molecule has 0 aliphatic rings. The number of hydrogen-bond donors (Lipinski definition) is 0. The monoisotopic (exact) mass is 466 g/mol. The Morgan fingerprint density at radius 3 is 1.03 bits per heavy atom. The Morgan fingerprint density at radius 2 is 0.862 bits per heavy atom.